The van der Waals surface area contributed by atoms with E-state index in [2.05, 4.69) is 10.0 Å². The molecule has 2 N–H and O–H groups in total. The molecule has 0 bridgehead atoms. The normalized spacial score (nSPS) is 14.7. The average Bonchev–Trinajstić information content (AvgIpc) is 3.47. The Kier molecular flexibility index (Phi) is 5.88. The Bertz CT molecular complexity index is 1030. The maximum Gasteiger partial charge on any atom is 0.338 e. The number of hydrogen-bond donors (Lipinski definition) is 2. The number of rotatable bonds is 7. The molecular weight excluding hydrogens is 399 g/mol. The molecule has 0 aromatic heterocycles. The van der Waals surface area contributed by atoms with Crippen LogP contribution in [0.15, 0.2) is 47.4 Å². The first-order chi connectivity index (χ1) is 13.7. The van der Waals surface area contributed by atoms with Gasteiger partial charge in [0.25, 0.3) is 15.9 Å². The van der Waals surface area contributed by atoms with Crippen LogP contribution in [0.4, 0.5) is 10.1 Å². The van der Waals surface area contributed by atoms with E-state index in [0.717, 1.165) is 25.0 Å². The van der Waals surface area contributed by atoms with Gasteiger partial charge in [-0.3, -0.25) is 9.52 Å². The molecule has 9 heteroatoms. The molecule has 29 heavy (non-hydrogen) atoms. The lowest BCUT2D eigenvalue weighted by molar-refractivity contribution is -0.129. The van der Waals surface area contributed by atoms with E-state index in [0.29, 0.717) is 5.56 Å². The fourth-order valence-electron chi connectivity index (χ4n) is 2.57. The molecule has 3 rings (SSSR count). The van der Waals surface area contributed by atoms with Crippen molar-refractivity contribution in [2.75, 3.05) is 4.72 Å². The largest absolute Gasteiger partial charge is 0.449 e. The number of ether oxygens (including phenoxy) is 1. The van der Waals surface area contributed by atoms with Gasteiger partial charge in [-0.2, -0.15) is 0 Å². The summed E-state index contributed by atoms with van der Waals surface area (Å²) in [6.07, 6.45) is 0.820. The van der Waals surface area contributed by atoms with Crippen LogP contribution in [0.5, 0.6) is 0 Å². The van der Waals surface area contributed by atoms with Gasteiger partial charge >= 0.3 is 5.97 Å². The van der Waals surface area contributed by atoms with Gasteiger partial charge in [0.2, 0.25) is 0 Å². The van der Waals surface area contributed by atoms with Gasteiger partial charge in [-0.05, 0) is 68.7 Å². The van der Waals surface area contributed by atoms with E-state index in [9.17, 15) is 22.4 Å². The number of hydrogen-bond acceptors (Lipinski definition) is 5. The third kappa shape index (κ3) is 5.32. The third-order valence-corrected chi connectivity index (χ3v) is 5.91. The topological polar surface area (TPSA) is 102 Å². The van der Waals surface area contributed by atoms with Gasteiger partial charge < -0.3 is 10.1 Å². The Morgan fingerprint density at radius 2 is 1.79 bits per heavy atom. The van der Waals surface area contributed by atoms with Gasteiger partial charge in [0.05, 0.1) is 10.5 Å². The summed E-state index contributed by atoms with van der Waals surface area (Å²) in [4.78, 5) is 24.2. The van der Waals surface area contributed by atoms with E-state index in [1.54, 1.807) is 6.92 Å². The standard InChI is InChI=1S/C20H21FN2O5S/c1-12-3-4-14(20(25)28-13(2)19(24)22-16-9-10-16)11-18(12)29(26,27)23-17-7-5-15(21)6-8-17/h3-8,11,13,16,23H,9-10H2,1-2H3,(H,22,24)/t13-/m1/s1. The molecule has 0 unspecified atom stereocenters. The molecule has 1 saturated carbocycles. The van der Waals surface area contributed by atoms with E-state index in [-0.39, 0.29) is 22.2 Å². The molecule has 1 atom stereocenters. The van der Waals surface area contributed by atoms with Crippen LogP contribution in [-0.2, 0) is 19.6 Å². The second-order valence-corrected chi connectivity index (χ2v) is 8.57. The zero-order chi connectivity index (χ0) is 21.2. The van der Waals surface area contributed by atoms with Gasteiger partial charge in [-0.15, -0.1) is 0 Å². The minimum atomic E-state index is -4.02. The van der Waals surface area contributed by atoms with Crippen molar-refractivity contribution in [3.05, 3.63) is 59.4 Å². The molecule has 0 radical (unpaired) electrons. The predicted octanol–water partition coefficient (Wildman–Crippen LogP) is 2.76. The van der Waals surface area contributed by atoms with E-state index in [4.69, 9.17) is 4.74 Å². The predicted molar refractivity (Wildman–Crippen MR) is 104 cm³/mol. The smallest absolute Gasteiger partial charge is 0.338 e. The maximum absolute atomic E-state index is 13.0. The number of amides is 1. The van der Waals surface area contributed by atoms with Crippen molar-refractivity contribution in [3.63, 3.8) is 0 Å². The zero-order valence-electron chi connectivity index (χ0n) is 15.9. The van der Waals surface area contributed by atoms with Crippen LogP contribution < -0.4 is 10.0 Å². The van der Waals surface area contributed by atoms with E-state index < -0.39 is 33.8 Å². The monoisotopic (exact) mass is 420 g/mol. The van der Waals surface area contributed by atoms with Crippen molar-refractivity contribution in [1.82, 2.24) is 5.32 Å². The highest BCUT2D eigenvalue weighted by Crippen LogP contribution is 2.22. The summed E-state index contributed by atoms with van der Waals surface area (Å²) >= 11 is 0. The fraction of sp³-hybridized carbons (Fsp3) is 0.300. The molecule has 0 heterocycles. The quantitative estimate of drug-likeness (QED) is 0.671. The Labute approximate surface area is 168 Å². The van der Waals surface area contributed by atoms with Gasteiger partial charge in [-0.1, -0.05) is 6.07 Å². The van der Waals surface area contributed by atoms with Crippen LogP contribution in [0.1, 0.15) is 35.7 Å². The highest BCUT2D eigenvalue weighted by atomic mass is 32.2. The molecule has 2 aromatic rings. The number of aryl methyl sites for hydroxylation is 1. The van der Waals surface area contributed by atoms with Crippen molar-refractivity contribution in [1.29, 1.82) is 0 Å². The van der Waals surface area contributed by atoms with Crippen molar-refractivity contribution < 1.29 is 27.1 Å². The Morgan fingerprint density at radius 1 is 1.14 bits per heavy atom. The lowest BCUT2D eigenvalue weighted by atomic mass is 10.1. The number of anilines is 1. The number of halogens is 1. The van der Waals surface area contributed by atoms with Crippen molar-refractivity contribution in [2.24, 2.45) is 0 Å². The van der Waals surface area contributed by atoms with E-state index in [1.165, 1.54) is 37.3 Å². The highest BCUT2D eigenvalue weighted by Gasteiger charge is 2.28. The van der Waals surface area contributed by atoms with Crippen molar-refractivity contribution >= 4 is 27.6 Å². The van der Waals surface area contributed by atoms with Crippen molar-refractivity contribution in [3.8, 4) is 0 Å². The lowest BCUT2D eigenvalue weighted by Gasteiger charge is -2.15. The Balaban J connectivity index is 1.76. The number of sulfonamides is 1. The van der Waals surface area contributed by atoms with Crippen molar-refractivity contribution in [2.45, 2.75) is 43.7 Å². The van der Waals surface area contributed by atoms with E-state index >= 15 is 0 Å². The second-order valence-electron chi connectivity index (χ2n) is 6.92. The fourth-order valence-corrected chi connectivity index (χ4v) is 3.90. The van der Waals surface area contributed by atoms with Gasteiger partial charge in [0, 0.05) is 11.7 Å². The maximum atomic E-state index is 13.0. The van der Waals surface area contributed by atoms with Gasteiger partial charge in [0.15, 0.2) is 6.10 Å². The van der Waals surface area contributed by atoms with Crippen LogP contribution >= 0.6 is 0 Å². The number of carbonyl (C=O) groups is 2. The van der Waals surface area contributed by atoms with Crippen LogP contribution in [-0.4, -0.2) is 32.4 Å². The number of carbonyl (C=O) groups excluding carboxylic acids is 2. The molecule has 0 aliphatic heterocycles. The van der Waals surface area contributed by atoms with Gasteiger partial charge in [0.1, 0.15) is 5.82 Å². The zero-order valence-corrected chi connectivity index (χ0v) is 16.8. The highest BCUT2D eigenvalue weighted by molar-refractivity contribution is 7.92. The molecule has 1 amide bonds. The van der Waals surface area contributed by atoms with Crippen LogP contribution in [0.2, 0.25) is 0 Å². The van der Waals surface area contributed by atoms with Crippen LogP contribution in [0.25, 0.3) is 0 Å². The first-order valence-corrected chi connectivity index (χ1v) is 10.5. The first-order valence-electron chi connectivity index (χ1n) is 9.06. The summed E-state index contributed by atoms with van der Waals surface area (Å²) < 4.78 is 46.0. The summed E-state index contributed by atoms with van der Waals surface area (Å²) in [7, 11) is -4.02. The molecule has 2 aromatic carbocycles. The number of esters is 1. The Hall–Kier alpha value is -2.94. The summed E-state index contributed by atoms with van der Waals surface area (Å²) in [6.45, 7) is 3.04. The van der Waals surface area contributed by atoms with E-state index in [1.807, 2.05) is 0 Å². The molecular formula is C20H21FN2O5S. The summed E-state index contributed by atoms with van der Waals surface area (Å²) in [5.41, 5.74) is 0.598. The average molecular weight is 420 g/mol. The molecule has 1 fully saturated rings. The first kappa shape index (κ1) is 20.8. The van der Waals surface area contributed by atoms with Crippen LogP contribution in [0.3, 0.4) is 0 Å². The second kappa shape index (κ2) is 8.20. The summed E-state index contributed by atoms with van der Waals surface area (Å²) in [5, 5.41) is 2.74. The minimum absolute atomic E-state index is 0.00107. The molecule has 0 saturated heterocycles. The SMILES string of the molecule is Cc1ccc(C(=O)O[C@H](C)C(=O)NC2CC2)cc1S(=O)(=O)Nc1ccc(F)cc1. The minimum Gasteiger partial charge on any atom is -0.449 e. The third-order valence-electron chi connectivity index (χ3n) is 4.39. The molecule has 154 valence electrons. The number of nitrogens with one attached hydrogen (secondary N) is 2. The molecule has 7 nitrogen and oxygen atoms in total. The summed E-state index contributed by atoms with van der Waals surface area (Å²) in [5.74, 6) is -1.69. The summed E-state index contributed by atoms with van der Waals surface area (Å²) in [6, 6.07) is 9.08. The van der Waals surface area contributed by atoms with Crippen LogP contribution in [0, 0.1) is 12.7 Å². The lowest BCUT2D eigenvalue weighted by Crippen LogP contribution is -2.37. The molecule has 1 aliphatic rings. The molecule has 1 aliphatic carbocycles. The van der Waals surface area contributed by atoms with Gasteiger partial charge in [-0.25, -0.2) is 17.6 Å². The number of benzene rings is 2. The molecule has 0 spiro atoms. The Morgan fingerprint density at radius 3 is 2.41 bits per heavy atom.